The minimum absolute atomic E-state index is 0.0808. The Kier molecular flexibility index (Phi) is 5.95. The molecule has 0 spiro atoms. The number of fused-ring (bicyclic) bond motifs is 1. The summed E-state index contributed by atoms with van der Waals surface area (Å²) in [5, 5.41) is 3.71. The van der Waals surface area contributed by atoms with Crippen LogP contribution in [0.2, 0.25) is 0 Å². The Morgan fingerprint density at radius 1 is 1.13 bits per heavy atom. The number of aryl methyl sites for hydroxylation is 2. The molecule has 1 N–H and O–H groups in total. The number of benzene rings is 1. The number of hydrogen-bond acceptors (Lipinski definition) is 6. The fraction of sp³-hybridized carbons (Fsp3) is 0.409. The largest absolute Gasteiger partial charge is 0.353 e. The Morgan fingerprint density at radius 3 is 2.55 bits per heavy atom. The van der Waals surface area contributed by atoms with E-state index in [0.717, 1.165) is 41.4 Å². The zero-order valence-electron chi connectivity index (χ0n) is 17.8. The van der Waals surface area contributed by atoms with Crippen LogP contribution in [0.4, 0.5) is 0 Å². The molecule has 4 rings (SSSR count). The van der Waals surface area contributed by atoms with Crippen LogP contribution in [-0.4, -0.2) is 36.8 Å². The van der Waals surface area contributed by atoms with Crippen LogP contribution in [0.25, 0.3) is 22.4 Å². The topological polar surface area (TPSA) is 98.9 Å². The number of carbonyl (C=O) groups is 1. The summed E-state index contributed by atoms with van der Waals surface area (Å²) >= 11 is 1.20. The molecule has 0 radical (unpaired) electrons. The van der Waals surface area contributed by atoms with Crippen LogP contribution >= 0.6 is 11.8 Å². The molecule has 8 nitrogen and oxygen atoms in total. The van der Waals surface area contributed by atoms with Crippen molar-refractivity contribution in [3.8, 4) is 11.4 Å². The van der Waals surface area contributed by atoms with Gasteiger partial charge in [-0.15, -0.1) is 0 Å². The Morgan fingerprint density at radius 2 is 1.84 bits per heavy atom. The highest BCUT2D eigenvalue weighted by atomic mass is 32.2. The maximum Gasteiger partial charge on any atom is 0.332 e. The molecule has 0 atom stereocenters. The van der Waals surface area contributed by atoms with Crippen LogP contribution in [0, 0.1) is 6.92 Å². The van der Waals surface area contributed by atoms with Gasteiger partial charge in [-0.25, -0.2) is 14.8 Å². The molecular formula is C22H25N5O3S. The maximum absolute atomic E-state index is 12.9. The molecular weight excluding hydrogens is 414 g/mol. The normalized spacial score (nSPS) is 14.3. The number of aromatic nitrogens is 4. The van der Waals surface area contributed by atoms with E-state index in [4.69, 9.17) is 0 Å². The summed E-state index contributed by atoms with van der Waals surface area (Å²) in [6, 6.07) is 7.89. The molecule has 2 heterocycles. The molecule has 0 saturated heterocycles. The highest BCUT2D eigenvalue weighted by Crippen LogP contribution is 2.27. The van der Waals surface area contributed by atoms with E-state index in [1.807, 2.05) is 31.2 Å². The summed E-state index contributed by atoms with van der Waals surface area (Å²) in [6.07, 6.45) is 4.29. The number of rotatable bonds is 5. The number of thioether (sulfide) groups is 1. The number of nitrogens with one attached hydrogen (secondary N) is 1. The van der Waals surface area contributed by atoms with Crippen molar-refractivity contribution in [2.45, 2.75) is 43.7 Å². The van der Waals surface area contributed by atoms with E-state index >= 15 is 0 Å². The van der Waals surface area contributed by atoms with Crippen molar-refractivity contribution in [2.24, 2.45) is 14.1 Å². The minimum Gasteiger partial charge on any atom is -0.353 e. The first-order valence-electron chi connectivity index (χ1n) is 10.3. The average Bonchev–Trinajstić information content (AvgIpc) is 3.27. The monoisotopic (exact) mass is 439 g/mol. The van der Waals surface area contributed by atoms with E-state index in [2.05, 4.69) is 15.3 Å². The van der Waals surface area contributed by atoms with E-state index in [1.165, 1.54) is 23.4 Å². The lowest BCUT2D eigenvalue weighted by Crippen LogP contribution is -2.38. The van der Waals surface area contributed by atoms with Gasteiger partial charge in [-0.2, -0.15) is 0 Å². The van der Waals surface area contributed by atoms with Crippen molar-refractivity contribution in [3.63, 3.8) is 0 Å². The third-order valence-electron chi connectivity index (χ3n) is 5.71. The van der Waals surface area contributed by atoms with Gasteiger partial charge < -0.3 is 5.32 Å². The summed E-state index contributed by atoms with van der Waals surface area (Å²) in [5.74, 6) is 0.484. The standard InChI is InChI=1S/C22H25N5O3S/c1-13-8-4-7-11-15(13)18-24-19-17(21(29)27(3)22(30)26(19)2)20(25-18)31-12-16(28)23-14-9-5-6-10-14/h4,7-8,11,14H,5-6,9-10,12H2,1-3H3,(H,23,28). The molecule has 1 aromatic carbocycles. The van der Waals surface area contributed by atoms with Gasteiger partial charge in [0.1, 0.15) is 10.4 Å². The van der Waals surface area contributed by atoms with Crippen LogP contribution in [0.5, 0.6) is 0 Å². The van der Waals surface area contributed by atoms with Gasteiger partial charge in [0.2, 0.25) is 5.91 Å². The number of carbonyl (C=O) groups excluding carboxylic acids is 1. The van der Waals surface area contributed by atoms with Gasteiger partial charge in [0.15, 0.2) is 11.5 Å². The molecule has 0 aliphatic heterocycles. The number of hydrogen-bond donors (Lipinski definition) is 1. The fourth-order valence-electron chi connectivity index (χ4n) is 3.95. The molecule has 2 aromatic heterocycles. The van der Waals surface area contributed by atoms with Gasteiger partial charge >= 0.3 is 5.69 Å². The summed E-state index contributed by atoms with van der Waals surface area (Å²) in [6.45, 7) is 1.95. The van der Waals surface area contributed by atoms with Crippen LogP contribution < -0.4 is 16.6 Å². The molecule has 1 aliphatic carbocycles. The molecule has 1 amide bonds. The summed E-state index contributed by atoms with van der Waals surface area (Å²) in [4.78, 5) is 47.1. The summed E-state index contributed by atoms with van der Waals surface area (Å²) < 4.78 is 2.39. The number of amides is 1. The van der Waals surface area contributed by atoms with Gasteiger partial charge in [-0.1, -0.05) is 48.9 Å². The SMILES string of the molecule is Cc1ccccc1-c1nc(SCC(=O)NC2CCCC2)c2c(=O)n(C)c(=O)n(C)c2n1. The predicted octanol–water partition coefficient (Wildman–Crippen LogP) is 2.15. The van der Waals surface area contributed by atoms with Crippen molar-refractivity contribution in [1.82, 2.24) is 24.4 Å². The highest BCUT2D eigenvalue weighted by Gasteiger charge is 2.21. The molecule has 9 heteroatoms. The Labute approximate surface area is 183 Å². The lowest BCUT2D eigenvalue weighted by Gasteiger charge is -2.14. The second-order valence-electron chi connectivity index (χ2n) is 7.91. The third-order valence-corrected chi connectivity index (χ3v) is 6.69. The molecule has 0 bridgehead atoms. The van der Waals surface area contributed by atoms with Gasteiger partial charge in [-0.3, -0.25) is 18.7 Å². The fourth-order valence-corrected chi connectivity index (χ4v) is 4.78. The van der Waals surface area contributed by atoms with Crippen LogP contribution in [0.3, 0.4) is 0 Å². The zero-order valence-corrected chi connectivity index (χ0v) is 18.7. The van der Waals surface area contributed by atoms with Crippen LogP contribution in [-0.2, 0) is 18.9 Å². The lowest BCUT2D eigenvalue weighted by atomic mass is 10.1. The first-order chi connectivity index (χ1) is 14.9. The van der Waals surface area contributed by atoms with Gasteiger partial charge in [0.25, 0.3) is 5.56 Å². The van der Waals surface area contributed by atoms with Gasteiger partial charge in [0, 0.05) is 25.7 Å². The third kappa shape index (κ3) is 4.14. The van der Waals surface area contributed by atoms with Crippen molar-refractivity contribution in [1.29, 1.82) is 0 Å². The van der Waals surface area contributed by atoms with E-state index in [-0.39, 0.29) is 28.7 Å². The van der Waals surface area contributed by atoms with Crippen molar-refractivity contribution >= 4 is 28.7 Å². The number of nitrogens with zero attached hydrogens (tertiary/aromatic N) is 4. The molecule has 1 aliphatic rings. The van der Waals surface area contributed by atoms with E-state index in [1.54, 1.807) is 7.05 Å². The zero-order chi connectivity index (χ0) is 22.1. The van der Waals surface area contributed by atoms with E-state index in [9.17, 15) is 14.4 Å². The molecule has 0 unspecified atom stereocenters. The second-order valence-corrected chi connectivity index (χ2v) is 8.87. The first-order valence-corrected chi connectivity index (χ1v) is 11.3. The van der Waals surface area contributed by atoms with Crippen LogP contribution in [0.1, 0.15) is 31.2 Å². The summed E-state index contributed by atoms with van der Waals surface area (Å²) in [5.41, 5.74) is 1.13. The van der Waals surface area contributed by atoms with Crippen molar-refractivity contribution in [3.05, 3.63) is 50.7 Å². The van der Waals surface area contributed by atoms with Crippen LogP contribution in [0.15, 0.2) is 38.9 Å². The Bertz CT molecular complexity index is 1270. The highest BCUT2D eigenvalue weighted by molar-refractivity contribution is 8.00. The molecule has 3 aromatic rings. The second kappa shape index (κ2) is 8.66. The molecule has 1 fully saturated rings. The maximum atomic E-state index is 12.9. The van der Waals surface area contributed by atoms with Crippen molar-refractivity contribution in [2.75, 3.05) is 5.75 Å². The smallest absolute Gasteiger partial charge is 0.332 e. The molecule has 31 heavy (non-hydrogen) atoms. The minimum atomic E-state index is -0.465. The Balaban J connectivity index is 1.79. The molecule has 162 valence electrons. The lowest BCUT2D eigenvalue weighted by molar-refractivity contribution is -0.119. The van der Waals surface area contributed by atoms with E-state index < -0.39 is 11.2 Å². The predicted molar refractivity (Wildman–Crippen MR) is 121 cm³/mol. The Hall–Kier alpha value is -2.94. The molecule has 1 saturated carbocycles. The van der Waals surface area contributed by atoms with E-state index in [0.29, 0.717) is 10.9 Å². The quantitative estimate of drug-likeness (QED) is 0.483. The summed E-state index contributed by atoms with van der Waals surface area (Å²) in [7, 11) is 3.01. The first kappa shape index (κ1) is 21.3. The van der Waals surface area contributed by atoms with Gasteiger partial charge in [0.05, 0.1) is 5.75 Å². The van der Waals surface area contributed by atoms with Gasteiger partial charge in [-0.05, 0) is 25.3 Å². The van der Waals surface area contributed by atoms with Crippen molar-refractivity contribution < 1.29 is 4.79 Å². The average molecular weight is 440 g/mol.